The molecule has 2 rings (SSSR count). The van der Waals surface area contributed by atoms with Crippen molar-refractivity contribution >= 4 is 28.6 Å². The van der Waals surface area contributed by atoms with Crippen LogP contribution in [-0.4, -0.2) is 31.3 Å². The standard InChI is InChI=1S/C14H17IN4O2/c1-14(2,3)11(8-12(20)21)19-13(16-17-18-19)9-4-6-10(15)7-5-9/h4-7,11H,8H2,1-3H3,(H,20,21). The van der Waals surface area contributed by atoms with Gasteiger partial charge in [-0.05, 0) is 50.6 Å². The monoisotopic (exact) mass is 400 g/mol. The van der Waals surface area contributed by atoms with E-state index < -0.39 is 5.97 Å². The first kappa shape index (κ1) is 15.9. The first-order chi connectivity index (χ1) is 9.79. The number of hydrogen-bond donors (Lipinski definition) is 1. The van der Waals surface area contributed by atoms with Crippen molar-refractivity contribution in [1.29, 1.82) is 0 Å². The predicted octanol–water partition coefficient (Wildman–Crippen LogP) is 3.01. The van der Waals surface area contributed by atoms with Crippen molar-refractivity contribution in [1.82, 2.24) is 20.2 Å². The fourth-order valence-corrected chi connectivity index (χ4v) is 2.48. The van der Waals surface area contributed by atoms with Crippen LogP contribution in [0.3, 0.4) is 0 Å². The van der Waals surface area contributed by atoms with Crippen LogP contribution in [0.2, 0.25) is 0 Å². The fourth-order valence-electron chi connectivity index (χ4n) is 2.12. The summed E-state index contributed by atoms with van der Waals surface area (Å²) < 4.78 is 2.74. The quantitative estimate of drug-likeness (QED) is 0.799. The Bertz CT molecular complexity index is 631. The summed E-state index contributed by atoms with van der Waals surface area (Å²) in [6, 6.07) is 7.49. The smallest absolute Gasteiger partial charge is 0.305 e. The van der Waals surface area contributed by atoms with Crippen molar-refractivity contribution in [2.45, 2.75) is 33.2 Å². The molecule has 1 aromatic carbocycles. The third-order valence-electron chi connectivity index (χ3n) is 3.26. The first-order valence-electron chi connectivity index (χ1n) is 6.54. The fraction of sp³-hybridized carbons (Fsp3) is 0.429. The average Bonchev–Trinajstić information content (AvgIpc) is 2.84. The summed E-state index contributed by atoms with van der Waals surface area (Å²) in [6.45, 7) is 5.96. The lowest BCUT2D eigenvalue weighted by molar-refractivity contribution is -0.138. The maximum absolute atomic E-state index is 11.2. The molecule has 0 aliphatic heterocycles. The molecular weight excluding hydrogens is 383 g/mol. The van der Waals surface area contributed by atoms with E-state index in [1.165, 1.54) is 0 Å². The summed E-state index contributed by atoms with van der Waals surface area (Å²) in [4.78, 5) is 11.2. The van der Waals surface area contributed by atoms with Gasteiger partial charge in [-0.15, -0.1) is 5.10 Å². The average molecular weight is 400 g/mol. The van der Waals surface area contributed by atoms with Crippen LogP contribution in [0.1, 0.15) is 33.2 Å². The Kier molecular flexibility index (Phi) is 4.60. The lowest BCUT2D eigenvalue weighted by atomic mass is 9.84. The number of carboxylic acids is 1. The molecule has 7 heteroatoms. The summed E-state index contributed by atoms with van der Waals surface area (Å²) in [6.07, 6.45) is -0.0219. The number of carboxylic acid groups (broad SMARTS) is 1. The summed E-state index contributed by atoms with van der Waals surface area (Å²) >= 11 is 2.23. The van der Waals surface area contributed by atoms with E-state index in [0.29, 0.717) is 5.82 Å². The Balaban J connectivity index is 2.46. The minimum Gasteiger partial charge on any atom is -0.481 e. The van der Waals surface area contributed by atoms with E-state index in [4.69, 9.17) is 5.11 Å². The van der Waals surface area contributed by atoms with E-state index in [1.54, 1.807) is 4.68 Å². The van der Waals surface area contributed by atoms with Gasteiger partial charge in [0, 0.05) is 9.13 Å². The Hall–Kier alpha value is -1.51. The van der Waals surface area contributed by atoms with Crippen molar-refractivity contribution in [3.05, 3.63) is 27.8 Å². The SMILES string of the molecule is CC(C)(C)C(CC(=O)O)n1nnnc1-c1ccc(I)cc1. The minimum absolute atomic E-state index is 0.0219. The molecule has 0 aliphatic rings. The van der Waals surface area contributed by atoms with Gasteiger partial charge >= 0.3 is 5.97 Å². The molecule has 1 unspecified atom stereocenters. The molecule has 0 fully saturated rings. The number of carbonyl (C=O) groups is 1. The van der Waals surface area contributed by atoms with Gasteiger partial charge in [0.05, 0.1) is 12.5 Å². The summed E-state index contributed by atoms with van der Waals surface area (Å²) in [5.74, 6) is -0.272. The van der Waals surface area contributed by atoms with Crippen LogP contribution in [0.5, 0.6) is 0 Å². The van der Waals surface area contributed by atoms with Gasteiger partial charge in [0.2, 0.25) is 0 Å². The molecule has 2 aromatic rings. The normalized spacial score (nSPS) is 13.1. The highest BCUT2D eigenvalue weighted by Crippen LogP contribution is 2.35. The molecule has 0 amide bonds. The molecule has 0 spiro atoms. The van der Waals surface area contributed by atoms with E-state index in [-0.39, 0.29) is 17.9 Å². The third kappa shape index (κ3) is 3.78. The van der Waals surface area contributed by atoms with E-state index in [9.17, 15) is 4.79 Å². The highest BCUT2D eigenvalue weighted by atomic mass is 127. The maximum Gasteiger partial charge on any atom is 0.305 e. The van der Waals surface area contributed by atoms with Gasteiger partial charge in [-0.2, -0.15) is 0 Å². The van der Waals surface area contributed by atoms with Gasteiger partial charge in [0.25, 0.3) is 0 Å². The number of rotatable bonds is 4. The number of aliphatic carboxylic acids is 1. The van der Waals surface area contributed by atoms with Gasteiger partial charge < -0.3 is 5.11 Å². The number of hydrogen-bond acceptors (Lipinski definition) is 4. The lowest BCUT2D eigenvalue weighted by Gasteiger charge is -2.29. The molecule has 1 aromatic heterocycles. The topological polar surface area (TPSA) is 80.9 Å². The van der Waals surface area contributed by atoms with Crippen LogP contribution in [0.15, 0.2) is 24.3 Å². The molecule has 1 atom stereocenters. The van der Waals surface area contributed by atoms with E-state index in [2.05, 4.69) is 38.1 Å². The second kappa shape index (κ2) is 6.08. The molecule has 0 saturated carbocycles. The summed E-state index contributed by atoms with van der Waals surface area (Å²) in [5.41, 5.74) is 0.603. The summed E-state index contributed by atoms with van der Waals surface area (Å²) in [7, 11) is 0. The van der Waals surface area contributed by atoms with Crippen molar-refractivity contribution in [2.75, 3.05) is 0 Å². The molecule has 6 nitrogen and oxygen atoms in total. The molecule has 0 aliphatic carbocycles. The zero-order valence-corrected chi connectivity index (χ0v) is 14.3. The van der Waals surface area contributed by atoms with Crippen LogP contribution < -0.4 is 0 Å². The second-order valence-corrected chi connectivity index (χ2v) is 7.18. The lowest BCUT2D eigenvalue weighted by Crippen LogP contribution is -2.28. The number of nitrogens with zero attached hydrogens (tertiary/aromatic N) is 4. The molecule has 0 bridgehead atoms. The highest BCUT2D eigenvalue weighted by molar-refractivity contribution is 14.1. The summed E-state index contributed by atoms with van der Waals surface area (Å²) in [5, 5.41) is 21.0. The van der Waals surface area contributed by atoms with Crippen LogP contribution in [0.25, 0.3) is 11.4 Å². The Morgan fingerprint density at radius 2 is 1.95 bits per heavy atom. The number of benzene rings is 1. The molecular formula is C14H17IN4O2. The largest absolute Gasteiger partial charge is 0.481 e. The molecule has 112 valence electrons. The Morgan fingerprint density at radius 1 is 1.33 bits per heavy atom. The third-order valence-corrected chi connectivity index (χ3v) is 3.98. The molecule has 1 N–H and O–H groups in total. The van der Waals surface area contributed by atoms with Crippen molar-refractivity contribution in [2.24, 2.45) is 5.41 Å². The number of aromatic nitrogens is 4. The molecule has 1 heterocycles. The van der Waals surface area contributed by atoms with Gasteiger partial charge in [-0.1, -0.05) is 32.9 Å². The predicted molar refractivity (Wildman–Crippen MR) is 86.7 cm³/mol. The Morgan fingerprint density at radius 3 is 2.48 bits per heavy atom. The van der Waals surface area contributed by atoms with Crippen molar-refractivity contribution in [3.8, 4) is 11.4 Å². The highest BCUT2D eigenvalue weighted by Gasteiger charge is 2.32. The van der Waals surface area contributed by atoms with Crippen molar-refractivity contribution < 1.29 is 9.90 Å². The van der Waals surface area contributed by atoms with Crippen LogP contribution in [0, 0.1) is 8.99 Å². The molecule has 0 radical (unpaired) electrons. The van der Waals surface area contributed by atoms with Crippen LogP contribution >= 0.6 is 22.6 Å². The van der Waals surface area contributed by atoms with Crippen LogP contribution in [-0.2, 0) is 4.79 Å². The van der Waals surface area contributed by atoms with E-state index in [1.807, 2.05) is 45.0 Å². The maximum atomic E-state index is 11.2. The molecule has 21 heavy (non-hydrogen) atoms. The van der Waals surface area contributed by atoms with E-state index >= 15 is 0 Å². The van der Waals surface area contributed by atoms with Gasteiger partial charge in [-0.25, -0.2) is 4.68 Å². The van der Waals surface area contributed by atoms with Gasteiger partial charge in [0.1, 0.15) is 0 Å². The van der Waals surface area contributed by atoms with E-state index in [0.717, 1.165) is 9.13 Å². The Labute approximate surface area is 136 Å². The van der Waals surface area contributed by atoms with Crippen LogP contribution in [0.4, 0.5) is 0 Å². The first-order valence-corrected chi connectivity index (χ1v) is 7.62. The second-order valence-electron chi connectivity index (χ2n) is 5.93. The number of halogens is 1. The van der Waals surface area contributed by atoms with Gasteiger partial charge in [-0.3, -0.25) is 4.79 Å². The van der Waals surface area contributed by atoms with Gasteiger partial charge in [0.15, 0.2) is 5.82 Å². The van der Waals surface area contributed by atoms with Crippen molar-refractivity contribution in [3.63, 3.8) is 0 Å². The molecule has 0 saturated heterocycles. The zero-order valence-electron chi connectivity index (χ0n) is 12.1. The number of tetrazole rings is 1. The zero-order chi connectivity index (χ0) is 15.6. The minimum atomic E-state index is -0.862.